The smallest absolute Gasteiger partial charge is 0.323 e. The normalized spacial score (nSPS) is 25.6. The first kappa shape index (κ1) is 14.5. The minimum Gasteiger partial charge on any atom is -0.459 e. The van der Waals surface area contributed by atoms with Gasteiger partial charge in [-0.3, -0.25) is 4.79 Å². The quantitative estimate of drug-likeness (QED) is 0.770. The van der Waals surface area contributed by atoms with Gasteiger partial charge in [-0.25, -0.2) is 0 Å². The summed E-state index contributed by atoms with van der Waals surface area (Å²) >= 11 is 0. The lowest BCUT2D eigenvalue weighted by atomic mass is 10.0. The Balaban J connectivity index is 2.40. The molecule has 4 nitrogen and oxygen atoms in total. The fraction of sp³-hybridized carbons (Fsp3) is 0.923. The van der Waals surface area contributed by atoms with Crippen molar-refractivity contribution < 1.29 is 14.3 Å². The third-order valence-corrected chi connectivity index (χ3v) is 2.78. The molecule has 0 aliphatic carbocycles. The summed E-state index contributed by atoms with van der Waals surface area (Å²) in [6.45, 7) is 9.64. The van der Waals surface area contributed by atoms with E-state index in [9.17, 15) is 4.79 Å². The standard InChI is InChI=1S/C13H25NO3/c1-12(2,3)17-11(15)10(14)8-9-6-7-13(4,5)16-9/h9-10H,6-8,14H2,1-5H3. The first-order valence-electron chi connectivity index (χ1n) is 6.25. The van der Waals surface area contributed by atoms with Gasteiger partial charge >= 0.3 is 5.97 Å². The van der Waals surface area contributed by atoms with E-state index in [1.54, 1.807) is 0 Å². The highest BCUT2D eigenvalue weighted by molar-refractivity contribution is 5.75. The zero-order valence-corrected chi connectivity index (χ0v) is 11.6. The van der Waals surface area contributed by atoms with Crippen molar-refractivity contribution in [2.45, 2.75) is 77.2 Å². The van der Waals surface area contributed by atoms with Gasteiger partial charge in [0.25, 0.3) is 0 Å². The molecular weight excluding hydrogens is 218 g/mol. The van der Waals surface area contributed by atoms with Crippen LogP contribution in [0.1, 0.15) is 53.9 Å². The van der Waals surface area contributed by atoms with Crippen LogP contribution in [0.15, 0.2) is 0 Å². The Morgan fingerprint density at radius 3 is 2.53 bits per heavy atom. The molecule has 2 atom stereocenters. The van der Waals surface area contributed by atoms with Gasteiger partial charge in [0.2, 0.25) is 0 Å². The molecule has 1 saturated heterocycles. The first-order chi connectivity index (χ1) is 7.59. The van der Waals surface area contributed by atoms with Crippen LogP contribution in [0.3, 0.4) is 0 Å². The topological polar surface area (TPSA) is 61.5 Å². The number of ether oxygens (including phenoxy) is 2. The lowest BCUT2D eigenvalue weighted by Crippen LogP contribution is -2.39. The van der Waals surface area contributed by atoms with Gasteiger partial charge < -0.3 is 15.2 Å². The van der Waals surface area contributed by atoms with Gasteiger partial charge in [0.05, 0.1) is 11.7 Å². The van der Waals surface area contributed by atoms with E-state index < -0.39 is 11.6 Å². The Hall–Kier alpha value is -0.610. The molecule has 0 aromatic carbocycles. The molecule has 100 valence electrons. The summed E-state index contributed by atoms with van der Waals surface area (Å²) < 4.78 is 11.1. The van der Waals surface area contributed by atoms with Crippen molar-refractivity contribution in [2.75, 3.05) is 0 Å². The summed E-state index contributed by atoms with van der Waals surface area (Å²) in [5.41, 5.74) is 5.27. The van der Waals surface area contributed by atoms with Crippen molar-refractivity contribution >= 4 is 5.97 Å². The fourth-order valence-corrected chi connectivity index (χ4v) is 2.00. The largest absolute Gasteiger partial charge is 0.459 e. The Kier molecular flexibility index (Phi) is 4.20. The van der Waals surface area contributed by atoms with Crippen LogP contribution in [0.4, 0.5) is 0 Å². The van der Waals surface area contributed by atoms with Gasteiger partial charge in [-0.15, -0.1) is 0 Å². The SMILES string of the molecule is CC(C)(C)OC(=O)C(N)CC1CCC(C)(C)O1. The van der Waals surface area contributed by atoms with Gasteiger partial charge in [-0.05, 0) is 53.9 Å². The van der Waals surface area contributed by atoms with Crippen LogP contribution in [0.25, 0.3) is 0 Å². The van der Waals surface area contributed by atoms with Gasteiger partial charge in [0.15, 0.2) is 0 Å². The molecule has 1 rings (SSSR count). The van der Waals surface area contributed by atoms with Gasteiger partial charge in [0, 0.05) is 0 Å². The molecular formula is C13H25NO3. The average molecular weight is 243 g/mol. The average Bonchev–Trinajstić information content (AvgIpc) is 2.42. The first-order valence-corrected chi connectivity index (χ1v) is 6.25. The van der Waals surface area contributed by atoms with Crippen LogP contribution >= 0.6 is 0 Å². The Morgan fingerprint density at radius 1 is 1.53 bits per heavy atom. The molecule has 1 heterocycles. The van der Waals surface area contributed by atoms with E-state index in [0.29, 0.717) is 6.42 Å². The second kappa shape index (κ2) is 4.94. The molecule has 0 saturated carbocycles. The number of esters is 1. The van der Waals surface area contributed by atoms with Crippen LogP contribution in [0.2, 0.25) is 0 Å². The Morgan fingerprint density at radius 2 is 2.12 bits per heavy atom. The van der Waals surface area contributed by atoms with E-state index >= 15 is 0 Å². The Bertz CT molecular complexity index is 281. The molecule has 2 unspecified atom stereocenters. The third kappa shape index (κ3) is 5.04. The summed E-state index contributed by atoms with van der Waals surface area (Å²) in [6, 6.07) is -0.590. The zero-order chi connectivity index (χ0) is 13.3. The van der Waals surface area contributed by atoms with E-state index in [0.717, 1.165) is 12.8 Å². The minimum atomic E-state index is -0.590. The number of rotatable bonds is 3. The molecule has 4 heteroatoms. The van der Waals surface area contributed by atoms with Crippen molar-refractivity contribution in [3.63, 3.8) is 0 Å². The van der Waals surface area contributed by atoms with Crippen molar-refractivity contribution in [2.24, 2.45) is 5.73 Å². The van der Waals surface area contributed by atoms with Crippen LogP contribution in [-0.2, 0) is 14.3 Å². The van der Waals surface area contributed by atoms with Crippen molar-refractivity contribution in [1.29, 1.82) is 0 Å². The molecule has 0 radical (unpaired) electrons. The number of hydrogen-bond donors (Lipinski definition) is 1. The summed E-state index contributed by atoms with van der Waals surface area (Å²) in [4.78, 5) is 11.7. The van der Waals surface area contributed by atoms with E-state index in [4.69, 9.17) is 15.2 Å². The number of carbonyl (C=O) groups is 1. The molecule has 2 N–H and O–H groups in total. The second-order valence-corrected chi connectivity index (χ2v) is 6.41. The summed E-state index contributed by atoms with van der Waals surface area (Å²) in [5, 5.41) is 0. The lowest BCUT2D eigenvalue weighted by Gasteiger charge is -2.24. The monoisotopic (exact) mass is 243 g/mol. The van der Waals surface area contributed by atoms with E-state index in [1.807, 2.05) is 20.8 Å². The zero-order valence-electron chi connectivity index (χ0n) is 11.6. The van der Waals surface area contributed by atoms with E-state index in [-0.39, 0.29) is 17.7 Å². The molecule has 0 bridgehead atoms. The predicted molar refractivity (Wildman–Crippen MR) is 66.6 cm³/mol. The van der Waals surface area contributed by atoms with Crippen LogP contribution in [0.5, 0.6) is 0 Å². The molecule has 0 aromatic rings. The molecule has 1 aliphatic heterocycles. The van der Waals surface area contributed by atoms with Crippen molar-refractivity contribution in [3.05, 3.63) is 0 Å². The van der Waals surface area contributed by atoms with Gasteiger partial charge in [-0.2, -0.15) is 0 Å². The number of nitrogens with two attached hydrogens (primary N) is 1. The van der Waals surface area contributed by atoms with Crippen molar-refractivity contribution in [1.82, 2.24) is 0 Å². The summed E-state index contributed by atoms with van der Waals surface area (Å²) in [5.74, 6) is -0.342. The highest BCUT2D eigenvalue weighted by Gasteiger charge is 2.34. The minimum absolute atomic E-state index is 0.0764. The van der Waals surface area contributed by atoms with Crippen LogP contribution in [-0.4, -0.2) is 29.3 Å². The van der Waals surface area contributed by atoms with E-state index in [2.05, 4.69) is 13.8 Å². The highest BCUT2D eigenvalue weighted by atomic mass is 16.6. The number of hydrogen-bond acceptors (Lipinski definition) is 4. The molecule has 0 spiro atoms. The lowest BCUT2D eigenvalue weighted by molar-refractivity contribution is -0.157. The second-order valence-electron chi connectivity index (χ2n) is 6.41. The maximum atomic E-state index is 11.7. The van der Waals surface area contributed by atoms with Gasteiger partial charge in [0.1, 0.15) is 11.6 Å². The predicted octanol–water partition coefficient (Wildman–Crippen LogP) is 2.00. The molecule has 0 amide bonds. The fourth-order valence-electron chi connectivity index (χ4n) is 2.00. The molecule has 1 fully saturated rings. The van der Waals surface area contributed by atoms with Crippen LogP contribution in [0, 0.1) is 0 Å². The maximum Gasteiger partial charge on any atom is 0.323 e. The summed E-state index contributed by atoms with van der Waals surface area (Å²) in [7, 11) is 0. The maximum absolute atomic E-state index is 11.7. The molecule has 17 heavy (non-hydrogen) atoms. The third-order valence-electron chi connectivity index (χ3n) is 2.78. The number of carbonyl (C=O) groups excluding carboxylic acids is 1. The Labute approximate surface area is 104 Å². The molecule has 0 aromatic heterocycles. The van der Waals surface area contributed by atoms with Crippen LogP contribution < -0.4 is 5.73 Å². The summed E-state index contributed by atoms with van der Waals surface area (Å²) in [6.07, 6.45) is 2.59. The highest BCUT2D eigenvalue weighted by Crippen LogP contribution is 2.31. The van der Waals surface area contributed by atoms with E-state index in [1.165, 1.54) is 0 Å². The van der Waals surface area contributed by atoms with Crippen molar-refractivity contribution in [3.8, 4) is 0 Å². The van der Waals surface area contributed by atoms with Gasteiger partial charge in [-0.1, -0.05) is 0 Å². The molecule has 1 aliphatic rings.